The maximum atomic E-state index is 15.4. The number of aryl methyl sites for hydroxylation is 1. The van der Waals surface area contributed by atoms with Crippen LogP contribution in [0.1, 0.15) is 155 Å². The number of benzene rings is 2. The summed E-state index contributed by atoms with van der Waals surface area (Å²) >= 11 is 0. The summed E-state index contributed by atoms with van der Waals surface area (Å²) in [5.74, 6) is -5.34. The van der Waals surface area contributed by atoms with Crippen LogP contribution in [-0.2, 0) is 93.8 Å². The molecule has 0 saturated carbocycles. The van der Waals surface area contributed by atoms with E-state index in [2.05, 4.69) is 16.0 Å². The Hall–Kier alpha value is -7.69. The van der Waals surface area contributed by atoms with E-state index < -0.39 is 52.5 Å². The predicted octanol–water partition coefficient (Wildman–Crippen LogP) is 5.11. The number of amides is 5. The van der Waals surface area contributed by atoms with Crippen LogP contribution in [0.25, 0.3) is 22.3 Å². The standard InChI is InChI=1S/C63H75FN6O15/c1-4-11-39-30-55(77)69(60(39)79)23-21-41(71)15-10-24-83-26-27-84-25-22-42(72)17-20-53(75)65-34-44(74)29-40(28-38-12-7-6-8-13-38)59(78)66-33-43(73)14-9-16-54(76)67-50-19-18-45-37(3)49(64)32-51-56(45)57(50)46-35-70-52(58(46)68-51)31-48-47(61(70)80)36-85-62(81)63(48,82)5-2/h6-8,12-13,31-32,39-40,50,82H,4-5,9-11,14-30,33-36H2,1-3H3,(H,65,75)(H,66,78)(H,67,76)/t39?,40-,50+,63+/m1/s1. The molecule has 21 nitrogen and oxygen atoms in total. The van der Waals surface area contributed by atoms with Crippen LogP contribution < -0.4 is 21.5 Å². The fraction of sp³-hybridized carbons (Fsp3) is 0.524. The summed E-state index contributed by atoms with van der Waals surface area (Å²) < 4.78 is 33.1. The number of ether oxygens (including phenoxy) is 3. The van der Waals surface area contributed by atoms with Crippen molar-refractivity contribution in [2.45, 2.75) is 155 Å². The Morgan fingerprint density at radius 2 is 1.54 bits per heavy atom. The van der Waals surface area contributed by atoms with Crippen molar-refractivity contribution in [3.05, 3.63) is 97.6 Å². The number of carbonyl (C=O) groups is 10. The number of halogens is 1. The van der Waals surface area contributed by atoms with Gasteiger partial charge in [-0.05, 0) is 80.2 Å². The summed E-state index contributed by atoms with van der Waals surface area (Å²) in [6, 6.07) is 11.4. The second kappa shape index (κ2) is 28.9. The maximum absolute atomic E-state index is 15.4. The van der Waals surface area contributed by atoms with Crippen LogP contribution in [-0.4, -0.2) is 124 Å². The van der Waals surface area contributed by atoms with Gasteiger partial charge in [-0.1, -0.05) is 50.6 Å². The molecule has 2 aromatic heterocycles. The predicted molar refractivity (Wildman–Crippen MR) is 306 cm³/mol. The molecule has 22 heteroatoms. The first-order chi connectivity index (χ1) is 40.8. The van der Waals surface area contributed by atoms with Gasteiger partial charge in [0.05, 0.1) is 68.0 Å². The molecule has 0 spiro atoms. The number of esters is 1. The van der Waals surface area contributed by atoms with E-state index in [4.69, 9.17) is 19.2 Å². The van der Waals surface area contributed by atoms with Gasteiger partial charge in [0.1, 0.15) is 24.0 Å². The Kier molecular flexibility index (Phi) is 21.6. The van der Waals surface area contributed by atoms with Gasteiger partial charge in [-0.3, -0.25) is 52.8 Å². The number of hydrogen-bond donors (Lipinski definition) is 4. The number of rotatable bonds is 33. The number of cyclic esters (lactones) is 1. The van der Waals surface area contributed by atoms with Crippen molar-refractivity contribution in [3.63, 3.8) is 0 Å². The van der Waals surface area contributed by atoms with E-state index in [9.17, 15) is 57.8 Å². The summed E-state index contributed by atoms with van der Waals surface area (Å²) in [7, 11) is 0. The zero-order valence-electron chi connectivity index (χ0n) is 48.5. The molecule has 85 heavy (non-hydrogen) atoms. The number of imide groups is 1. The molecule has 4 N–H and O–H groups in total. The van der Waals surface area contributed by atoms with Gasteiger partial charge in [0, 0.05) is 105 Å². The van der Waals surface area contributed by atoms with Crippen LogP contribution in [0, 0.1) is 24.6 Å². The largest absolute Gasteiger partial charge is 0.458 e. The molecule has 2 aromatic carbocycles. The number of nitrogens with zero attached hydrogens (tertiary/aromatic N) is 3. The van der Waals surface area contributed by atoms with Crippen molar-refractivity contribution < 1.29 is 71.7 Å². The number of likely N-dealkylation sites (tertiary alicyclic amines) is 1. The lowest BCUT2D eigenvalue weighted by molar-refractivity contribution is -0.172. The minimum atomic E-state index is -2.05. The molecular formula is C63H75FN6O15. The van der Waals surface area contributed by atoms with Gasteiger partial charge in [-0.15, -0.1) is 0 Å². The van der Waals surface area contributed by atoms with E-state index in [1.807, 2.05) is 13.0 Å². The Labute approximate surface area is 491 Å². The molecule has 0 radical (unpaired) electrons. The summed E-state index contributed by atoms with van der Waals surface area (Å²) in [6.07, 6.45) is 3.17. The zero-order chi connectivity index (χ0) is 61.0. The molecule has 1 saturated heterocycles. The molecule has 0 bridgehead atoms. The van der Waals surface area contributed by atoms with Crippen molar-refractivity contribution in [1.82, 2.24) is 30.4 Å². The van der Waals surface area contributed by atoms with Crippen LogP contribution >= 0.6 is 0 Å². The van der Waals surface area contributed by atoms with Crippen LogP contribution in [0.3, 0.4) is 0 Å². The number of ketones is 4. The molecular weight excluding hydrogens is 1100 g/mol. The van der Waals surface area contributed by atoms with Crippen LogP contribution in [0.15, 0.2) is 47.3 Å². The van der Waals surface area contributed by atoms with Crippen LogP contribution in [0.4, 0.5) is 4.39 Å². The number of aliphatic hydroxyl groups is 1. The minimum Gasteiger partial charge on any atom is -0.458 e. The highest BCUT2D eigenvalue weighted by Gasteiger charge is 2.46. The average Bonchev–Trinajstić information content (AvgIpc) is 1.69. The molecule has 8 rings (SSSR count). The second-order valence-electron chi connectivity index (χ2n) is 22.5. The number of pyridine rings is 2. The SMILES string of the molecule is CCCC1CC(=O)N(CCC(=O)CCCOCCOCCC(=O)CCC(=O)NCC(=O)C[C@@H](Cc2ccccc2)C(=O)NCC(=O)CCCC(=O)N[C@H]2CCc3c(C)c(F)cc4nc5c(c2c34)Cn2c-5cc3c(c2=O)COC(=O)[C@]3(O)CC)C1=O. The topological polar surface area (TPSA) is 293 Å². The van der Waals surface area contributed by atoms with Crippen LogP contribution in [0.2, 0.25) is 0 Å². The quantitative estimate of drug-likeness (QED) is 0.0241. The first-order valence-corrected chi connectivity index (χ1v) is 29.6. The number of nitrogens with one attached hydrogen (secondary N) is 3. The van der Waals surface area contributed by atoms with Crippen molar-refractivity contribution in [2.24, 2.45) is 11.8 Å². The fourth-order valence-corrected chi connectivity index (χ4v) is 11.8. The lowest BCUT2D eigenvalue weighted by atomic mass is 9.81. The second-order valence-corrected chi connectivity index (χ2v) is 22.5. The van der Waals surface area contributed by atoms with E-state index in [0.29, 0.717) is 71.3 Å². The Balaban J connectivity index is 0.738. The molecule has 4 atom stereocenters. The number of hydrogen-bond acceptors (Lipinski definition) is 16. The average molecular weight is 1180 g/mol. The first kappa shape index (κ1) is 63.3. The maximum Gasteiger partial charge on any atom is 0.343 e. The van der Waals surface area contributed by atoms with Gasteiger partial charge in [0.2, 0.25) is 29.5 Å². The van der Waals surface area contributed by atoms with Gasteiger partial charge in [-0.2, -0.15) is 0 Å². The van der Waals surface area contributed by atoms with Gasteiger partial charge < -0.3 is 39.8 Å². The van der Waals surface area contributed by atoms with Gasteiger partial charge in [-0.25, -0.2) is 14.2 Å². The Bertz CT molecular complexity index is 3330. The summed E-state index contributed by atoms with van der Waals surface area (Å²) in [5.41, 5.74) is 2.16. The van der Waals surface area contributed by atoms with Crippen molar-refractivity contribution in [1.29, 1.82) is 0 Å². The molecule has 4 aliphatic rings. The highest BCUT2D eigenvalue weighted by atomic mass is 19.1. The molecule has 4 aromatic rings. The molecule has 5 heterocycles. The minimum absolute atomic E-state index is 0.0411. The number of Topliss-reactive ketones (excluding diaryl/α,β-unsaturated/α-hetero) is 4. The van der Waals surface area contributed by atoms with E-state index >= 15 is 4.39 Å². The summed E-state index contributed by atoms with van der Waals surface area (Å²) in [5, 5.41) is 20.4. The third kappa shape index (κ3) is 15.2. The van der Waals surface area contributed by atoms with E-state index in [1.54, 1.807) is 44.2 Å². The Morgan fingerprint density at radius 3 is 2.29 bits per heavy atom. The third-order valence-corrected chi connectivity index (χ3v) is 16.5. The fourth-order valence-electron chi connectivity index (χ4n) is 11.8. The lowest BCUT2D eigenvalue weighted by Gasteiger charge is -2.31. The molecule has 3 aliphatic heterocycles. The van der Waals surface area contributed by atoms with Crippen molar-refractivity contribution >= 4 is 69.5 Å². The van der Waals surface area contributed by atoms with Crippen molar-refractivity contribution in [2.75, 3.05) is 46.1 Å². The summed E-state index contributed by atoms with van der Waals surface area (Å²) in [6.45, 7) is 5.31. The zero-order valence-corrected chi connectivity index (χ0v) is 48.5. The smallest absolute Gasteiger partial charge is 0.343 e. The third-order valence-electron chi connectivity index (χ3n) is 16.5. The van der Waals surface area contributed by atoms with E-state index in [0.717, 1.165) is 17.5 Å². The highest BCUT2D eigenvalue weighted by molar-refractivity contribution is 6.04. The number of fused-ring (bicyclic) bond motifs is 5. The van der Waals surface area contributed by atoms with Gasteiger partial charge >= 0.3 is 5.97 Å². The lowest BCUT2D eigenvalue weighted by Crippen LogP contribution is -2.44. The van der Waals surface area contributed by atoms with Crippen LogP contribution in [0.5, 0.6) is 0 Å². The van der Waals surface area contributed by atoms with Gasteiger partial charge in [0.15, 0.2) is 17.2 Å². The Morgan fingerprint density at radius 1 is 0.812 bits per heavy atom. The number of carbonyl (C=O) groups excluding carboxylic acids is 10. The van der Waals surface area contributed by atoms with E-state index in [-0.39, 0.29) is 182 Å². The highest BCUT2D eigenvalue weighted by Crippen LogP contribution is 2.46. The first-order valence-electron chi connectivity index (χ1n) is 29.6. The normalized spacial score (nSPS) is 17.9. The van der Waals surface area contributed by atoms with Crippen molar-refractivity contribution in [3.8, 4) is 11.4 Å². The monoisotopic (exact) mass is 1170 g/mol. The molecule has 5 amide bonds. The molecule has 1 fully saturated rings. The van der Waals surface area contributed by atoms with Gasteiger partial charge in [0.25, 0.3) is 5.56 Å². The molecule has 454 valence electrons. The van der Waals surface area contributed by atoms with E-state index in [1.165, 1.54) is 15.5 Å². The number of aromatic nitrogens is 2. The molecule has 1 unspecified atom stereocenters. The molecule has 1 aliphatic carbocycles. The summed E-state index contributed by atoms with van der Waals surface area (Å²) in [4.78, 5) is 148.